The molecule has 0 fully saturated rings. The van der Waals surface area contributed by atoms with Gasteiger partial charge in [-0.1, -0.05) is 6.07 Å². The molecule has 1 rings (SSSR count). The molecule has 0 aliphatic heterocycles. The van der Waals surface area contributed by atoms with Crippen molar-refractivity contribution in [1.29, 1.82) is 0 Å². The van der Waals surface area contributed by atoms with Crippen molar-refractivity contribution in [3.63, 3.8) is 0 Å². The zero-order chi connectivity index (χ0) is 11.3. The first-order valence-corrected chi connectivity index (χ1v) is 4.61. The van der Waals surface area contributed by atoms with Crippen LogP contribution >= 0.6 is 0 Å². The average molecular weight is 208 g/mol. The molecule has 6 nitrogen and oxygen atoms in total. The largest absolute Gasteiger partial charge is 0.380 e. The lowest BCUT2D eigenvalue weighted by Gasteiger charge is -2.06. The number of hydrazone groups is 1. The summed E-state index contributed by atoms with van der Waals surface area (Å²) in [4.78, 5) is 4.16. The van der Waals surface area contributed by atoms with Gasteiger partial charge in [0.05, 0.1) is 0 Å². The maximum atomic E-state index is 5.66. The van der Waals surface area contributed by atoms with Crippen molar-refractivity contribution in [2.45, 2.75) is 6.42 Å². The molecule has 0 unspecified atom stereocenters. The number of amidine groups is 1. The summed E-state index contributed by atoms with van der Waals surface area (Å²) in [6.45, 7) is 0.607. The summed E-state index contributed by atoms with van der Waals surface area (Å²) < 4.78 is 0. The number of nitrogens with zero attached hydrogens (tertiary/aromatic N) is 3. The van der Waals surface area contributed by atoms with Crippen molar-refractivity contribution < 1.29 is 0 Å². The molecule has 0 amide bonds. The van der Waals surface area contributed by atoms with Crippen LogP contribution in [0.1, 0.15) is 11.3 Å². The number of hydrogen-bond donors (Lipinski definition) is 3. The van der Waals surface area contributed by atoms with E-state index in [1.54, 1.807) is 19.3 Å². The van der Waals surface area contributed by atoms with Gasteiger partial charge in [-0.15, -0.1) is 5.10 Å². The number of hydrazine groups is 1. The monoisotopic (exact) mass is 208 g/mol. The number of aromatic nitrogens is 1. The fraction of sp³-hybridized carbons (Fsp3) is 0.333. The number of hydrogen-bond acceptors (Lipinski definition) is 5. The third-order valence-electron chi connectivity index (χ3n) is 1.79. The van der Waals surface area contributed by atoms with E-state index in [2.05, 4.69) is 10.1 Å². The van der Waals surface area contributed by atoms with Crippen molar-refractivity contribution in [2.24, 2.45) is 22.4 Å². The molecule has 6 heteroatoms. The van der Waals surface area contributed by atoms with E-state index in [9.17, 15) is 0 Å². The third kappa shape index (κ3) is 3.53. The zero-order valence-corrected chi connectivity index (χ0v) is 8.72. The first-order valence-electron chi connectivity index (χ1n) is 4.61. The summed E-state index contributed by atoms with van der Waals surface area (Å²) >= 11 is 0. The fourth-order valence-electron chi connectivity index (χ4n) is 1.11. The van der Waals surface area contributed by atoms with Crippen LogP contribution in [0.3, 0.4) is 0 Å². The summed E-state index contributed by atoms with van der Waals surface area (Å²) in [5.74, 6) is 5.62. The van der Waals surface area contributed by atoms with Gasteiger partial charge in [-0.3, -0.25) is 4.98 Å². The summed E-state index contributed by atoms with van der Waals surface area (Å²) in [5.41, 5.74) is 12.8. The van der Waals surface area contributed by atoms with E-state index in [-0.39, 0.29) is 0 Å². The Morgan fingerprint density at radius 1 is 1.53 bits per heavy atom. The lowest BCUT2D eigenvalue weighted by Crippen LogP contribution is -2.26. The standard InChI is InChI=1S/C9H16N6/c1-15(12)14-9(11)8-3-2-7(4-5-10)6-13-8/h2-3,6H,4-5,10,12H2,1H3,(H2,11,14). The van der Waals surface area contributed by atoms with Gasteiger partial charge in [0.1, 0.15) is 5.69 Å². The highest BCUT2D eigenvalue weighted by molar-refractivity contribution is 5.95. The lowest BCUT2D eigenvalue weighted by molar-refractivity contribution is 0.371. The molecule has 0 aromatic carbocycles. The van der Waals surface area contributed by atoms with Gasteiger partial charge in [-0.2, -0.15) is 0 Å². The summed E-state index contributed by atoms with van der Waals surface area (Å²) in [7, 11) is 1.59. The quantitative estimate of drug-likeness (QED) is 0.255. The normalized spacial score (nSPS) is 11.5. The zero-order valence-electron chi connectivity index (χ0n) is 8.72. The Bertz CT molecular complexity index is 329. The van der Waals surface area contributed by atoms with Crippen molar-refractivity contribution in [2.75, 3.05) is 13.6 Å². The van der Waals surface area contributed by atoms with Crippen LogP contribution in [0.25, 0.3) is 0 Å². The second kappa shape index (κ2) is 5.28. The van der Waals surface area contributed by atoms with Crippen molar-refractivity contribution >= 4 is 5.84 Å². The second-order valence-corrected chi connectivity index (χ2v) is 3.15. The molecule has 82 valence electrons. The molecule has 6 N–H and O–H groups in total. The molecule has 0 aliphatic rings. The van der Waals surface area contributed by atoms with Gasteiger partial charge < -0.3 is 11.5 Å². The Morgan fingerprint density at radius 3 is 2.73 bits per heavy atom. The van der Waals surface area contributed by atoms with E-state index in [0.29, 0.717) is 18.1 Å². The van der Waals surface area contributed by atoms with Crippen LogP contribution in [-0.2, 0) is 6.42 Å². The van der Waals surface area contributed by atoms with E-state index < -0.39 is 0 Å². The van der Waals surface area contributed by atoms with Gasteiger partial charge in [0.15, 0.2) is 5.84 Å². The molecule has 0 radical (unpaired) electrons. The van der Waals surface area contributed by atoms with Crippen LogP contribution in [0.2, 0.25) is 0 Å². The minimum Gasteiger partial charge on any atom is -0.380 e. The van der Waals surface area contributed by atoms with E-state index in [1.807, 2.05) is 6.07 Å². The molecule has 0 bridgehead atoms. The maximum Gasteiger partial charge on any atom is 0.171 e. The molecule has 1 aromatic heterocycles. The molecule has 0 atom stereocenters. The van der Waals surface area contributed by atoms with Gasteiger partial charge >= 0.3 is 0 Å². The second-order valence-electron chi connectivity index (χ2n) is 3.15. The Hall–Kier alpha value is -1.66. The predicted molar refractivity (Wildman–Crippen MR) is 59.7 cm³/mol. The first kappa shape index (κ1) is 11.4. The van der Waals surface area contributed by atoms with Crippen LogP contribution < -0.4 is 17.3 Å². The molecular formula is C9H16N6. The van der Waals surface area contributed by atoms with Crippen LogP contribution in [0.5, 0.6) is 0 Å². The highest BCUT2D eigenvalue weighted by Gasteiger charge is 2.00. The van der Waals surface area contributed by atoms with Gasteiger partial charge in [0.2, 0.25) is 0 Å². The summed E-state index contributed by atoms with van der Waals surface area (Å²) in [6.07, 6.45) is 2.54. The van der Waals surface area contributed by atoms with E-state index >= 15 is 0 Å². The SMILES string of the molecule is CN(N)/N=C(\N)c1ccc(CCN)cn1. The average Bonchev–Trinajstić information content (AvgIpc) is 2.18. The Balaban J connectivity index is 2.79. The van der Waals surface area contributed by atoms with Gasteiger partial charge in [0, 0.05) is 13.2 Å². The minimum absolute atomic E-state index is 0.291. The van der Waals surface area contributed by atoms with E-state index in [0.717, 1.165) is 17.1 Å². The number of rotatable bonds is 4. The highest BCUT2D eigenvalue weighted by Crippen LogP contribution is 2.00. The Labute approximate surface area is 88.7 Å². The molecule has 1 aromatic rings. The Kier molecular flexibility index (Phi) is 4.02. The molecule has 0 aliphatic carbocycles. The molecule has 15 heavy (non-hydrogen) atoms. The summed E-state index contributed by atoms with van der Waals surface area (Å²) in [6, 6.07) is 3.72. The Morgan fingerprint density at radius 2 is 2.27 bits per heavy atom. The molecule has 1 heterocycles. The van der Waals surface area contributed by atoms with Crippen molar-refractivity contribution in [1.82, 2.24) is 10.1 Å². The third-order valence-corrected chi connectivity index (χ3v) is 1.79. The van der Waals surface area contributed by atoms with Gasteiger partial charge in [-0.25, -0.2) is 11.0 Å². The van der Waals surface area contributed by atoms with E-state index in [4.69, 9.17) is 17.3 Å². The first-order chi connectivity index (χ1) is 7.13. The molecule has 0 saturated carbocycles. The lowest BCUT2D eigenvalue weighted by atomic mass is 10.2. The fourth-order valence-corrected chi connectivity index (χ4v) is 1.11. The predicted octanol–water partition coefficient (Wildman–Crippen LogP) is -0.991. The smallest absolute Gasteiger partial charge is 0.171 e. The van der Waals surface area contributed by atoms with Crippen LogP contribution in [0.4, 0.5) is 0 Å². The van der Waals surface area contributed by atoms with Crippen LogP contribution in [-0.4, -0.2) is 29.5 Å². The molecule has 0 saturated heterocycles. The highest BCUT2D eigenvalue weighted by atomic mass is 15.6. The number of pyridine rings is 1. The van der Waals surface area contributed by atoms with Gasteiger partial charge in [-0.05, 0) is 24.6 Å². The molecule has 0 spiro atoms. The van der Waals surface area contributed by atoms with Crippen molar-refractivity contribution in [3.05, 3.63) is 29.6 Å². The van der Waals surface area contributed by atoms with Crippen LogP contribution in [0, 0.1) is 0 Å². The van der Waals surface area contributed by atoms with E-state index in [1.165, 1.54) is 0 Å². The topological polar surface area (TPSA) is 107 Å². The van der Waals surface area contributed by atoms with Crippen LogP contribution in [0.15, 0.2) is 23.4 Å². The van der Waals surface area contributed by atoms with Gasteiger partial charge in [0.25, 0.3) is 0 Å². The van der Waals surface area contributed by atoms with Crippen molar-refractivity contribution in [3.8, 4) is 0 Å². The molecular weight excluding hydrogens is 192 g/mol. The maximum absolute atomic E-state index is 5.66. The minimum atomic E-state index is 0.291. The number of nitrogens with two attached hydrogens (primary N) is 3. The summed E-state index contributed by atoms with van der Waals surface area (Å²) in [5, 5.41) is 4.99.